The fraction of sp³-hybridized carbons (Fsp3) is 0.364. The third-order valence-electron chi connectivity index (χ3n) is 5.05. The molecule has 2 aromatic rings. The Morgan fingerprint density at radius 3 is 2.38 bits per heavy atom. The van der Waals surface area contributed by atoms with Gasteiger partial charge in [-0.05, 0) is 30.2 Å². The van der Waals surface area contributed by atoms with Gasteiger partial charge in [0.1, 0.15) is 0 Å². The number of halogens is 1. The lowest BCUT2D eigenvalue weighted by atomic mass is 10.1. The van der Waals surface area contributed by atoms with Crippen LogP contribution in [0.2, 0.25) is 5.02 Å². The molecule has 0 saturated carbocycles. The summed E-state index contributed by atoms with van der Waals surface area (Å²) in [5.41, 5.74) is 2.90. The number of carbonyl (C=O) groups excluding carboxylic acids is 2. The number of para-hydroxylation sites is 2. The number of piperazine rings is 1. The first-order chi connectivity index (χ1) is 14.1. The molecule has 0 unspecified atom stereocenters. The van der Waals surface area contributed by atoms with E-state index in [0.717, 1.165) is 54.6 Å². The van der Waals surface area contributed by atoms with E-state index in [1.165, 1.54) is 0 Å². The largest absolute Gasteiger partial charge is 0.368 e. The molecule has 1 aliphatic heterocycles. The SMILES string of the molecule is CCc1ccccc1NC(=O)CNC(=O)CN1CCN(c2ccccc2Cl)CC1. The molecule has 0 aromatic heterocycles. The predicted octanol–water partition coefficient (Wildman–Crippen LogP) is 2.78. The van der Waals surface area contributed by atoms with Crippen LogP contribution in [0.3, 0.4) is 0 Å². The predicted molar refractivity (Wildman–Crippen MR) is 118 cm³/mol. The van der Waals surface area contributed by atoms with Crippen LogP contribution in [0.5, 0.6) is 0 Å². The number of anilines is 2. The van der Waals surface area contributed by atoms with Gasteiger partial charge in [-0.3, -0.25) is 14.5 Å². The molecule has 1 saturated heterocycles. The van der Waals surface area contributed by atoms with Crippen LogP contribution in [-0.4, -0.2) is 56.0 Å². The van der Waals surface area contributed by atoms with Gasteiger partial charge in [0, 0.05) is 31.9 Å². The Kier molecular flexibility index (Phi) is 7.49. The van der Waals surface area contributed by atoms with Gasteiger partial charge in [0.05, 0.1) is 23.8 Å². The first-order valence-corrected chi connectivity index (χ1v) is 10.3. The maximum atomic E-state index is 12.2. The highest BCUT2D eigenvalue weighted by molar-refractivity contribution is 6.33. The monoisotopic (exact) mass is 414 g/mol. The number of hydrogen-bond acceptors (Lipinski definition) is 4. The van der Waals surface area contributed by atoms with E-state index in [1.54, 1.807) is 0 Å². The van der Waals surface area contributed by atoms with Gasteiger partial charge in [-0.2, -0.15) is 0 Å². The molecular formula is C22H27ClN4O2. The second-order valence-corrected chi connectivity index (χ2v) is 7.46. The molecule has 2 amide bonds. The van der Waals surface area contributed by atoms with E-state index in [2.05, 4.69) is 20.4 Å². The zero-order valence-electron chi connectivity index (χ0n) is 16.7. The molecule has 0 radical (unpaired) electrons. The van der Waals surface area contributed by atoms with Crippen LogP contribution < -0.4 is 15.5 Å². The number of carbonyl (C=O) groups is 2. The first kappa shape index (κ1) is 21.1. The topological polar surface area (TPSA) is 64.7 Å². The van der Waals surface area contributed by atoms with Crippen LogP contribution in [0.1, 0.15) is 12.5 Å². The minimum absolute atomic E-state index is 0.0313. The van der Waals surface area contributed by atoms with Gasteiger partial charge < -0.3 is 15.5 Å². The van der Waals surface area contributed by atoms with Crippen LogP contribution in [0, 0.1) is 0 Å². The Bertz CT molecular complexity index is 850. The number of amides is 2. The van der Waals surface area contributed by atoms with Gasteiger partial charge >= 0.3 is 0 Å². The molecule has 1 heterocycles. The normalized spacial score (nSPS) is 14.5. The lowest BCUT2D eigenvalue weighted by Crippen LogP contribution is -2.50. The van der Waals surface area contributed by atoms with E-state index in [4.69, 9.17) is 11.6 Å². The van der Waals surface area contributed by atoms with Gasteiger partial charge in [0.25, 0.3) is 0 Å². The highest BCUT2D eigenvalue weighted by Crippen LogP contribution is 2.25. The molecule has 29 heavy (non-hydrogen) atoms. The molecule has 0 aliphatic carbocycles. The summed E-state index contributed by atoms with van der Waals surface area (Å²) in [4.78, 5) is 28.7. The Morgan fingerprint density at radius 2 is 1.66 bits per heavy atom. The maximum Gasteiger partial charge on any atom is 0.243 e. The molecule has 2 N–H and O–H groups in total. The van der Waals surface area contributed by atoms with Crippen molar-refractivity contribution in [1.82, 2.24) is 10.2 Å². The molecule has 0 atom stereocenters. The third kappa shape index (κ3) is 5.95. The van der Waals surface area contributed by atoms with Gasteiger partial charge in [-0.25, -0.2) is 0 Å². The summed E-state index contributed by atoms with van der Waals surface area (Å²) in [7, 11) is 0. The van der Waals surface area contributed by atoms with Crippen molar-refractivity contribution >= 4 is 34.8 Å². The molecule has 3 rings (SSSR count). The van der Waals surface area contributed by atoms with Gasteiger partial charge in [-0.1, -0.05) is 48.9 Å². The lowest BCUT2D eigenvalue weighted by molar-refractivity contribution is -0.125. The van der Waals surface area contributed by atoms with Crippen LogP contribution in [-0.2, 0) is 16.0 Å². The smallest absolute Gasteiger partial charge is 0.243 e. The Labute approximate surface area is 176 Å². The van der Waals surface area contributed by atoms with E-state index in [0.29, 0.717) is 0 Å². The molecule has 0 bridgehead atoms. The summed E-state index contributed by atoms with van der Waals surface area (Å²) in [6, 6.07) is 15.5. The number of benzene rings is 2. The second kappa shape index (κ2) is 10.3. The summed E-state index contributed by atoms with van der Waals surface area (Å²) < 4.78 is 0. The average Bonchev–Trinajstić information content (AvgIpc) is 2.74. The second-order valence-electron chi connectivity index (χ2n) is 7.05. The fourth-order valence-corrected chi connectivity index (χ4v) is 3.69. The van der Waals surface area contributed by atoms with Crippen LogP contribution >= 0.6 is 11.6 Å². The number of aryl methyl sites for hydroxylation is 1. The maximum absolute atomic E-state index is 12.2. The average molecular weight is 415 g/mol. The van der Waals surface area contributed by atoms with Crippen molar-refractivity contribution in [3.8, 4) is 0 Å². The Hall–Kier alpha value is -2.57. The van der Waals surface area contributed by atoms with Crippen molar-refractivity contribution < 1.29 is 9.59 Å². The minimum Gasteiger partial charge on any atom is -0.368 e. The van der Waals surface area contributed by atoms with Crippen molar-refractivity contribution in [2.75, 3.05) is 49.5 Å². The lowest BCUT2D eigenvalue weighted by Gasteiger charge is -2.36. The quantitative estimate of drug-likeness (QED) is 0.731. The van der Waals surface area contributed by atoms with Crippen LogP contribution in [0.25, 0.3) is 0 Å². The number of rotatable bonds is 7. The van der Waals surface area contributed by atoms with Crippen molar-refractivity contribution in [1.29, 1.82) is 0 Å². The number of nitrogens with zero attached hydrogens (tertiary/aromatic N) is 2. The molecule has 0 spiro atoms. The summed E-state index contributed by atoms with van der Waals surface area (Å²) in [5.74, 6) is -0.363. The number of nitrogens with one attached hydrogen (secondary N) is 2. The minimum atomic E-state index is -0.220. The molecule has 6 nitrogen and oxygen atoms in total. The van der Waals surface area contributed by atoms with Crippen molar-refractivity contribution in [3.05, 3.63) is 59.1 Å². The molecule has 1 aliphatic rings. The summed E-state index contributed by atoms with van der Waals surface area (Å²) in [6.07, 6.45) is 0.836. The van der Waals surface area contributed by atoms with Crippen LogP contribution in [0.15, 0.2) is 48.5 Å². The summed E-state index contributed by atoms with van der Waals surface area (Å²) >= 11 is 6.27. The third-order valence-corrected chi connectivity index (χ3v) is 5.37. The van der Waals surface area contributed by atoms with Gasteiger partial charge in [0.2, 0.25) is 11.8 Å². The number of hydrogen-bond donors (Lipinski definition) is 2. The van der Waals surface area contributed by atoms with Crippen molar-refractivity contribution in [2.45, 2.75) is 13.3 Å². The van der Waals surface area contributed by atoms with Gasteiger partial charge in [-0.15, -0.1) is 0 Å². The summed E-state index contributed by atoms with van der Waals surface area (Å²) in [5, 5.41) is 6.32. The van der Waals surface area contributed by atoms with E-state index in [1.807, 2.05) is 55.5 Å². The van der Waals surface area contributed by atoms with E-state index >= 15 is 0 Å². The van der Waals surface area contributed by atoms with Crippen molar-refractivity contribution in [2.24, 2.45) is 0 Å². The molecule has 1 fully saturated rings. The Morgan fingerprint density at radius 1 is 0.966 bits per heavy atom. The zero-order chi connectivity index (χ0) is 20.6. The molecular weight excluding hydrogens is 388 g/mol. The van der Waals surface area contributed by atoms with E-state index in [9.17, 15) is 9.59 Å². The van der Waals surface area contributed by atoms with Crippen molar-refractivity contribution in [3.63, 3.8) is 0 Å². The molecule has 2 aromatic carbocycles. The highest BCUT2D eigenvalue weighted by Gasteiger charge is 2.20. The first-order valence-electron chi connectivity index (χ1n) is 9.93. The molecule has 7 heteroatoms. The highest BCUT2D eigenvalue weighted by atomic mass is 35.5. The van der Waals surface area contributed by atoms with E-state index in [-0.39, 0.29) is 24.9 Å². The Balaban J connectivity index is 1.40. The molecule has 154 valence electrons. The fourth-order valence-electron chi connectivity index (χ4n) is 3.44. The summed E-state index contributed by atoms with van der Waals surface area (Å²) in [6.45, 7) is 5.46. The van der Waals surface area contributed by atoms with E-state index < -0.39 is 0 Å². The van der Waals surface area contributed by atoms with Gasteiger partial charge in [0.15, 0.2) is 0 Å². The standard InChI is InChI=1S/C22H27ClN4O2/c1-2-17-7-3-5-9-19(17)25-21(28)15-24-22(29)16-26-11-13-27(14-12-26)20-10-6-4-8-18(20)23/h3-10H,2,11-16H2,1H3,(H,24,29)(H,25,28). The van der Waals surface area contributed by atoms with Crippen LogP contribution in [0.4, 0.5) is 11.4 Å². The zero-order valence-corrected chi connectivity index (χ0v) is 17.4.